The van der Waals surface area contributed by atoms with Crippen LogP contribution < -0.4 is 5.32 Å². The summed E-state index contributed by atoms with van der Waals surface area (Å²) >= 11 is 0. The molecule has 0 aliphatic carbocycles. The van der Waals surface area contributed by atoms with Crippen molar-refractivity contribution in [3.8, 4) is 0 Å². The quantitative estimate of drug-likeness (QED) is 0.881. The Morgan fingerprint density at radius 2 is 1.54 bits per heavy atom. The Hall–Kier alpha value is -1.40. The fourth-order valence-corrected chi connectivity index (χ4v) is 3.90. The number of hydrogen-bond acceptors (Lipinski definition) is 3. The van der Waals surface area contributed by atoms with Crippen LogP contribution in [0.4, 0.5) is 5.69 Å². The van der Waals surface area contributed by atoms with Crippen molar-refractivity contribution in [2.75, 3.05) is 18.1 Å². The lowest BCUT2D eigenvalue weighted by atomic mass is 9.87. The van der Waals surface area contributed by atoms with Gasteiger partial charge in [-0.3, -0.25) is 4.79 Å². The number of sulfonamides is 1. The van der Waals surface area contributed by atoms with Gasteiger partial charge >= 0.3 is 0 Å². The Bertz CT molecular complexity index is 666. The number of nitrogens with zero attached hydrogens (tertiary/aromatic N) is 1. The van der Waals surface area contributed by atoms with Gasteiger partial charge in [0, 0.05) is 24.2 Å². The van der Waals surface area contributed by atoms with Crippen LogP contribution in [-0.4, -0.2) is 37.0 Å². The molecule has 1 N–H and O–H groups in total. The summed E-state index contributed by atoms with van der Waals surface area (Å²) in [5.41, 5.74) is 1.42. The average molecular weight is 355 g/mol. The van der Waals surface area contributed by atoms with Gasteiger partial charge in [0.25, 0.3) is 0 Å². The Morgan fingerprint density at radius 1 is 1.04 bits per heavy atom. The molecule has 1 amide bonds. The van der Waals surface area contributed by atoms with Gasteiger partial charge < -0.3 is 5.32 Å². The molecule has 0 bridgehead atoms. The summed E-state index contributed by atoms with van der Waals surface area (Å²) in [5.74, 6) is -0.198. The minimum Gasteiger partial charge on any atom is -0.326 e. The van der Waals surface area contributed by atoms with Gasteiger partial charge in [0.1, 0.15) is 0 Å². The smallest absolute Gasteiger partial charge is 0.225 e. The number of anilines is 1. The van der Waals surface area contributed by atoms with E-state index in [-0.39, 0.29) is 24.3 Å². The third-order valence-corrected chi connectivity index (χ3v) is 5.26. The maximum absolute atomic E-state index is 12.1. The highest BCUT2D eigenvalue weighted by molar-refractivity contribution is 7.88. The van der Waals surface area contributed by atoms with Crippen LogP contribution in [0.15, 0.2) is 24.3 Å². The van der Waals surface area contributed by atoms with E-state index < -0.39 is 15.6 Å². The molecule has 0 aliphatic heterocycles. The number of benzene rings is 1. The highest BCUT2D eigenvalue weighted by atomic mass is 32.2. The summed E-state index contributed by atoms with van der Waals surface area (Å²) in [6.45, 7) is 12.0. The van der Waals surface area contributed by atoms with Crippen LogP contribution >= 0.6 is 0 Å². The lowest BCUT2D eigenvalue weighted by Crippen LogP contribution is -2.46. The number of rotatable bonds is 5. The van der Waals surface area contributed by atoms with Crippen LogP contribution in [0.25, 0.3) is 0 Å². The fraction of sp³-hybridized carbons (Fsp3) is 0.611. The summed E-state index contributed by atoms with van der Waals surface area (Å²) < 4.78 is 25.1. The zero-order valence-corrected chi connectivity index (χ0v) is 16.6. The molecular weight excluding hydrogens is 324 g/mol. The molecule has 136 valence electrons. The number of carbonyl (C=O) groups excluding carboxylic acids is 1. The number of carbonyl (C=O) groups is 1. The standard InChI is InChI=1S/C18H30N2O3S/c1-17(2,3)14-8-10-15(11-9-14)19-16(21)12-13-20(18(4,5)6)24(7,22)23/h8-11H,12-13H2,1-7H3,(H,19,21). The molecular formula is C18H30N2O3S. The van der Waals surface area contributed by atoms with Crippen molar-refractivity contribution in [2.45, 2.75) is 58.9 Å². The fourth-order valence-electron chi connectivity index (χ4n) is 2.48. The van der Waals surface area contributed by atoms with E-state index in [4.69, 9.17) is 0 Å². The van der Waals surface area contributed by atoms with E-state index in [1.807, 2.05) is 45.0 Å². The van der Waals surface area contributed by atoms with E-state index in [0.29, 0.717) is 0 Å². The Balaban J connectivity index is 2.70. The third kappa shape index (κ3) is 6.24. The molecule has 0 saturated heterocycles. The van der Waals surface area contributed by atoms with Crippen molar-refractivity contribution in [3.05, 3.63) is 29.8 Å². The first-order valence-corrected chi connectivity index (χ1v) is 9.94. The van der Waals surface area contributed by atoms with Gasteiger partial charge in [-0.15, -0.1) is 0 Å². The molecule has 6 heteroatoms. The van der Waals surface area contributed by atoms with Crippen LogP contribution in [0.5, 0.6) is 0 Å². The second-order valence-corrected chi connectivity index (χ2v) is 10.0. The summed E-state index contributed by atoms with van der Waals surface area (Å²) in [6, 6.07) is 7.73. The Labute approximate surface area is 146 Å². The second-order valence-electron chi connectivity index (χ2n) is 8.13. The zero-order chi connectivity index (χ0) is 18.8. The van der Waals surface area contributed by atoms with E-state index in [1.54, 1.807) is 0 Å². The molecule has 1 aromatic rings. The molecule has 0 aromatic heterocycles. The van der Waals surface area contributed by atoms with Gasteiger partial charge in [-0.1, -0.05) is 32.9 Å². The van der Waals surface area contributed by atoms with Gasteiger partial charge in [-0.05, 0) is 43.9 Å². The van der Waals surface area contributed by atoms with E-state index in [2.05, 4.69) is 26.1 Å². The molecule has 0 aliphatic rings. The van der Waals surface area contributed by atoms with Crippen molar-refractivity contribution in [3.63, 3.8) is 0 Å². The first-order valence-electron chi connectivity index (χ1n) is 8.09. The lowest BCUT2D eigenvalue weighted by Gasteiger charge is -2.33. The van der Waals surface area contributed by atoms with Crippen LogP contribution in [0.2, 0.25) is 0 Å². The SMILES string of the molecule is CC(C)(C)c1ccc(NC(=O)CCN(C(C)(C)C)S(C)(=O)=O)cc1. The van der Waals surface area contributed by atoms with Gasteiger partial charge in [0.15, 0.2) is 0 Å². The molecule has 0 unspecified atom stereocenters. The maximum atomic E-state index is 12.1. The van der Waals surface area contributed by atoms with Crippen LogP contribution in [0.3, 0.4) is 0 Å². The van der Waals surface area contributed by atoms with Crippen molar-refractivity contribution >= 4 is 21.6 Å². The summed E-state index contributed by atoms with van der Waals surface area (Å²) in [7, 11) is -3.36. The average Bonchev–Trinajstić information content (AvgIpc) is 2.35. The van der Waals surface area contributed by atoms with Crippen LogP contribution in [0.1, 0.15) is 53.5 Å². The van der Waals surface area contributed by atoms with E-state index >= 15 is 0 Å². The molecule has 24 heavy (non-hydrogen) atoms. The van der Waals surface area contributed by atoms with Crippen LogP contribution in [0, 0.1) is 0 Å². The minimum absolute atomic E-state index is 0.0607. The molecule has 0 heterocycles. The second kappa shape index (κ2) is 7.23. The van der Waals surface area contributed by atoms with Crippen molar-refractivity contribution in [1.82, 2.24) is 4.31 Å². The van der Waals surface area contributed by atoms with Crippen molar-refractivity contribution in [1.29, 1.82) is 0 Å². The number of hydrogen-bond donors (Lipinski definition) is 1. The Kier molecular flexibility index (Phi) is 6.22. The van der Waals surface area contributed by atoms with Crippen molar-refractivity contribution < 1.29 is 13.2 Å². The summed E-state index contributed by atoms with van der Waals surface area (Å²) in [6.07, 6.45) is 1.28. The van der Waals surface area contributed by atoms with Gasteiger partial charge in [-0.25, -0.2) is 8.42 Å². The summed E-state index contributed by atoms with van der Waals surface area (Å²) in [5, 5.41) is 2.82. The number of nitrogens with one attached hydrogen (secondary N) is 1. The largest absolute Gasteiger partial charge is 0.326 e. The van der Waals surface area contributed by atoms with E-state index in [9.17, 15) is 13.2 Å². The molecule has 1 aromatic carbocycles. The van der Waals surface area contributed by atoms with E-state index in [1.165, 1.54) is 16.1 Å². The monoisotopic (exact) mass is 354 g/mol. The maximum Gasteiger partial charge on any atom is 0.225 e. The molecule has 5 nitrogen and oxygen atoms in total. The molecule has 0 fully saturated rings. The highest BCUT2D eigenvalue weighted by Gasteiger charge is 2.29. The van der Waals surface area contributed by atoms with Gasteiger partial charge in [-0.2, -0.15) is 4.31 Å². The molecule has 0 saturated carbocycles. The molecule has 1 rings (SSSR count). The molecule has 0 radical (unpaired) electrons. The zero-order valence-electron chi connectivity index (χ0n) is 15.8. The lowest BCUT2D eigenvalue weighted by molar-refractivity contribution is -0.116. The summed E-state index contributed by atoms with van der Waals surface area (Å²) in [4.78, 5) is 12.1. The third-order valence-electron chi connectivity index (χ3n) is 3.73. The van der Waals surface area contributed by atoms with Gasteiger partial charge in [0.2, 0.25) is 15.9 Å². The van der Waals surface area contributed by atoms with Crippen molar-refractivity contribution in [2.24, 2.45) is 0 Å². The predicted molar refractivity (Wildman–Crippen MR) is 99.7 cm³/mol. The Morgan fingerprint density at radius 3 is 1.92 bits per heavy atom. The minimum atomic E-state index is -3.36. The first kappa shape index (κ1) is 20.6. The topological polar surface area (TPSA) is 66.5 Å². The van der Waals surface area contributed by atoms with Crippen LogP contribution in [-0.2, 0) is 20.2 Å². The first-order chi connectivity index (χ1) is 10.7. The molecule has 0 spiro atoms. The predicted octanol–water partition coefficient (Wildman–Crippen LogP) is 3.37. The van der Waals surface area contributed by atoms with E-state index in [0.717, 1.165) is 5.69 Å². The number of amides is 1. The highest BCUT2D eigenvalue weighted by Crippen LogP contribution is 2.23. The normalized spacial score (nSPS) is 13.2. The molecule has 0 atom stereocenters. The van der Waals surface area contributed by atoms with Gasteiger partial charge in [0.05, 0.1) is 6.26 Å².